The number of hydrogen-bond donors (Lipinski definition) is 1. The Balaban J connectivity index is 1.24. The number of furan rings is 1. The van der Waals surface area contributed by atoms with Gasteiger partial charge in [-0.15, -0.1) is 0 Å². The molecule has 4 nitrogen and oxygen atoms in total. The van der Waals surface area contributed by atoms with Gasteiger partial charge in [-0.25, -0.2) is 4.99 Å². The van der Waals surface area contributed by atoms with Gasteiger partial charge in [0.25, 0.3) is 0 Å². The van der Waals surface area contributed by atoms with Crippen LogP contribution >= 0.6 is 0 Å². The number of aliphatic imine (C=N–C) groups is 1. The molecule has 0 fully saturated rings. The van der Waals surface area contributed by atoms with Gasteiger partial charge < -0.3 is 14.3 Å². The summed E-state index contributed by atoms with van der Waals surface area (Å²) in [5.74, 6) is 0.867. The van der Waals surface area contributed by atoms with E-state index in [0.717, 1.165) is 66.7 Å². The summed E-state index contributed by atoms with van der Waals surface area (Å²) in [7, 11) is 0. The number of nitrogens with zero attached hydrogens (tertiary/aromatic N) is 2. The second kappa shape index (κ2) is 9.85. The molecule has 0 amide bonds. The summed E-state index contributed by atoms with van der Waals surface area (Å²) in [5.41, 5.74) is 9.44. The summed E-state index contributed by atoms with van der Waals surface area (Å²) in [6.45, 7) is 0. The maximum Gasteiger partial charge on any atom is 0.145 e. The Morgan fingerprint density at radius 3 is 2.18 bits per heavy atom. The molecule has 2 aromatic heterocycles. The van der Waals surface area contributed by atoms with E-state index >= 15 is 0 Å². The summed E-state index contributed by atoms with van der Waals surface area (Å²) < 4.78 is 8.85. The first-order chi connectivity index (χ1) is 21.8. The highest BCUT2D eigenvalue weighted by Crippen LogP contribution is 2.40. The van der Waals surface area contributed by atoms with Crippen LogP contribution in [0.3, 0.4) is 0 Å². The molecule has 1 aliphatic rings. The third kappa shape index (κ3) is 3.89. The van der Waals surface area contributed by atoms with Gasteiger partial charge in [0.2, 0.25) is 0 Å². The van der Waals surface area contributed by atoms with Crippen LogP contribution in [-0.2, 0) is 0 Å². The molecule has 6 aromatic carbocycles. The van der Waals surface area contributed by atoms with Gasteiger partial charge in [-0.1, -0.05) is 109 Å². The minimum absolute atomic E-state index is 0.00262. The molecular weight excluding hydrogens is 538 g/mol. The predicted molar refractivity (Wildman–Crippen MR) is 181 cm³/mol. The molecule has 44 heavy (non-hydrogen) atoms. The number of fused-ring (bicyclic) bond motifs is 7. The van der Waals surface area contributed by atoms with Gasteiger partial charge in [0.05, 0.1) is 28.2 Å². The molecule has 1 atom stereocenters. The summed E-state index contributed by atoms with van der Waals surface area (Å²) in [5, 5.41) is 8.25. The Kier molecular flexibility index (Phi) is 5.53. The average molecular weight is 566 g/mol. The van der Waals surface area contributed by atoms with Crippen molar-refractivity contribution in [3.63, 3.8) is 0 Å². The minimum Gasteiger partial charge on any atom is -0.455 e. The van der Waals surface area contributed by atoms with E-state index < -0.39 is 0 Å². The van der Waals surface area contributed by atoms with Crippen molar-refractivity contribution >= 4 is 55.3 Å². The van der Waals surface area contributed by atoms with E-state index in [1.807, 2.05) is 18.2 Å². The zero-order valence-corrected chi connectivity index (χ0v) is 23.8. The van der Waals surface area contributed by atoms with E-state index in [-0.39, 0.29) is 6.04 Å². The van der Waals surface area contributed by atoms with Crippen LogP contribution < -0.4 is 5.32 Å². The summed E-state index contributed by atoms with van der Waals surface area (Å²) in [6.07, 6.45) is 2.23. The molecule has 0 aliphatic carbocycles. The number of rotatable bonds is 4. The molecule has 1 unspecified atom stereocenters. The third-order valence-corrected chi connectivity index (χ3v) is 8.64. The Morgan fingerprint density at radius 1 is 0.591 bits per heavy atom. The fourth-order valence-corrected chi connectivity index (χ4v) is 6.60. The van der Waals surface area contributed by atoms with Gasteiger partial charge in [0, 0.05) is 33.0 Å². The normalized spacial score (nSPS) is 15.0. The van der Waals surface area contributed by atoms with Crippen LogP contribution in [0, 0.1) is 0 Å². The van der Waals surface area contributed by atoms with Crippen LogP contribution in [0.4, 0.5) is 0 Å². The Morgan fingerprint density at radius 2 is 1.32 bits per heavy atom. The molecule has 208 valence electrons. The van der Waals surface area contributed by atoms with E-state index in [9.17, 15) is 0 Å². The average Bonchev–Trinajstić information content (AvgIpc) is 3.65. The summed E-state index contributed by atoms with van der Waals surface area (Å²) in [6, 6.07) is 50.9. The van der Waals surface area contributed by atoms with Crippen molar-refractivity contribution < 1.29 is 4.42 Å². The van der Waals surface area contributed by atoms with Crippen LogP contribution in [0.2, 0.25) is 0 Å². The molecule has 9 rings (SSSR count). The van der Waals surface area contributed by atoms with Crippen molar-refractivity contribution in [3.8, 4) is 5.69 Å². The van der Waals surface area contributed by atoms with Gasteiger partial charge in [-0.2, -0.15) is 0 Å². The SMILES string of the molecule is C1=C(c2cccc(-n3c4ccccc4c4c5oc6ccccc6c5ccc43)c2)N=C(c2ccccc2)NC1c1ccccc1. The number of para-hydroxylation sites is 2. The molecular formula is C40H27N3O. The first kappa shape index (κ1) is 24.7. The standard InChI is InChI=1S/C40H27N3O/c1-3-12-26(13-4-1)33-25-34(42-40(41-33)27-14-5-2-6-15-27)28-16-11-17-29(24-28)43-35-20-9-7-19-32(35)38-36(43)23-22-31-30-18-8-10-21-37(30)44-39(31)38/h1-25,33H,(H,41,42). The van der Waals surface area contributed by atoms with Crippen molar-refractivity contribution in [3.05, 3.63) is 168 Å². The first-order valence-electron chi connectivity index (χ1n) is 14.9. The summed E-state index contributed by atoms with van der Waals surface area (Å²) >= 11 is 0. The van der Waals surface area contributed by atoms with Crippen molar-refractivity contribution in [1.82, 2.24) is 9.88 Å². The van der Waals surface area contributed by atoms with Crippen LogP contribution in [0.5, 0.6) is 0 Å². The van der Waals surface area contributed by atoms with Gasteiger partial charge in [0.1, 0.15) is 17.0 Å². The highest BCUT2D eigenvalue weighted by Gasteiger charge is 2.21. The number of benzene rings is 6. The van der Waals surface area contributed by atoms with Gasteiger partial charge in [-0.3, -0.25) is 0 Å². The van der Waals surface area contributed by atoms with Gasteiger partial charge >= 0.3 is 0 Å². The second-order valence-corrected chi connectivity index (χ2v) is 11.2. The van der Waals surface area contributed by atoms with Crippen molar-refractivity contribution in [2.45, 2.75) is 6.04 Å². The fraction of sp³-hybridized carbons (Fsp3) is 0.0250. The van der Waals surface area contributed by atoms with Crippen LogP contribution in [0.25, 0.3) is 55.1 Å². The van der Waals surface area contributed by atoms with Crippen LogP contribution in [0.15, 0.2) is 161 Å². The highest BCUT2D eigenvalue weighted by atomic mass is 16.3. The largest absolute Gasteiger partial charge is 0.455 e. The lowest BCUT2D eigenvalue weighted by Crippen LogP contribution is -2.31. The van der Waals surface area contributed by atoms with Crippen LogP contribution in [0.1, 0.15) is 22.7 Å². The molecule has 1 aliphatic heterocycles. The maximum absolute atomic E-state index is 6.50. The number of hydrogen-bond acceptors (Lipinski definition) is 3. The van der Waals surface area contributed by atoms with Crippen molar-refractivity contribution in [2.75, 3.05) is 0 Å². The summed E-state index contributed by atoms with van der Waals surface area (Å²) in [4.78, 5) is 5.15. The predicted octanol–water partition coefficient (Wildman–Crippen LogP) is 9.82. The lowest BCUT2D eigenvalue weighted by Gasteiger charge is -2.24. The zero-order valence-electron chi connectivity index (χ0n) is 23.8. The quantitative estimate of drug-likeness (QED) is 0.231. The lowest BCUT2D eigenvalue weighted by molar-refractivity contribution is 0.673. The fourth-order valence-electron chi connectivity index (χ4n) is 6.60. The van der Waals surface area contributed by atoms with E-state index in [1.165, 1.54) is 10.9 Å². The maximum atomic E-state index is 6.50. The van der Waals surface area contributed by atoms with E-state index in [4.69, 9.17) is 9.41 Å². The first-order valence-corrected chi connectivity index (χ1v) is 14.9. The lowest BCUT2D eigenvalue weighted by atomic mass is 10.00. The molecule has 0 bridgehead atoms. The molecule has 0 saturated carbocycles. The zero-order chi connectivity index (χ0) is 29.0. The topological polar surface area (TPSA) is 42.5 Å². The third-order valence-electron chi connectivity index (χ3n) is 8.64. The van der Waals surface area contributed by atoms with E-state index in [0.29, 0.717) is 0 Å². The monoisotopic (exact) mass is 565 g/mol. The number of nitrogens with one attached hydrogen (secondary N) is 1. The van der Waals surface area contributed by atoms with E-state index in [2.05, 4.69) is 143 Å². The number of aromatic nitrogens is 1. The highest BCUT2D eigenvalue weighted by molar-refractivity contribution is 6.23. The molecule has 4 heteroatoms. The van der Waals surface area contributed by atoms with E-state index in [1.54, 1.807) is 0 Å². The van der Waals surface area contributed by atoms with Crippen molar-refractivity contribution in [1.29, 1.82) is 0 Å². The molecule has 3 heterocycles. The van der Waals surface area contributed by atoms with Crippen LogP contribution in [-0.4, -0.2) is 10.4 Å². The molecule has 0 saturated heterocycles. The molecule has 8 aromatic rings. The molecule has 0 radical (unpaired) electrons. The second-order valence-electron chi connectivity index (χ2n) is 11.2. The van der Waals surface area contributed by atoms with Crippen molar-refractivity contribution in [2.24, 2.45) is 4.99 Å². The smallest absolute Gasteiger partial charge is 0.145 e. The number of amidine groups is 1. The Hall–Kier alpha value is -5.87. The Bertz CT molecular complexity index is 2410. The Labute approximate surface area is 254 Å². The molecule has 0 spiro atoms. The van der Waals surface area contributed by atoms with Gasteiger partial charge in [0.15, 0.2) is 0 Å². The molecule has 1 N–H and O–H groups in total. The minimum atomic E-state index is -0.00262. The van der Waals surface area contributed by atoms with Gasteiger partial charge in [-0.05, 0) is 48.0 Å².